The molecular weight excluding hydrogens is 234 g/mol. The predicted octanol–water partition coefficient (Wildman–Crippen LogP) is 1.93. The summed E-state index contributed by atoms with van der Waals surface area (Å²) in [6.07, 6.45) is 3.37. The van der Waals surface area contributed by atoms with Gasteiger partial charge in [0.25, 0.3) is 0 Å². The van der Waals surface area contributed by atoms with Gasteiger partial charge in [-0.2, -0.15) is 5.10 Å². The molecule has 6 nitrogen and oxygen atoms in total. The Morgan fingerprint density at radius 1 is 1.44 bits per heavy atom. The van der Waals surface area contributed by atoms with Crippen molar-refractivity contribution >= 4 is 17.1 Å². The van der Waals surface area contributed by atoms with Crippen LogP contribution in [-0.2, 0) is 7.05 Å². The third-order valence-corrected chi connectivity index (χ3v) is 2.60. The third kappa shape index (κ3) is 1.55. The van der Waals surface area contributed by atoms with Gasteiger partial charge in [-0.05, 0) is 12.1 Å². The minimum absolute atomic E-state index is 0.131. The van der Waals surface area contributed by atoms with Crippen molar-refractivity contribution < 1.29 is 14.3 Å². The summed E-state index contributed by atoms with van der Waals surface area (Å²) in [5, 5.41) is 13.1. The number of oxazole rings is 1. The molecule has 1 N–H and O–H groups in total. The van der Waals surface area contributed by atoms with Crippen molar-refractivity contribution in [3.8, 4) is 11.5 Å². The van der Waals surface area contributed by atoms with E-state index in [0.717, 1.165) is 0 Å². The minimum Gasteiger partial charge on any atom is -0.478 e. The zero-order valence-corrected chi connectivity index (χ0v) is 9.49. The fourth-order valence-electron chi connectivity index (χ4n) is 1.78. The average Bonchev–Trinajstić information content (AvgIpc) is 2.93. The molecule has 0 radical (unpaired) electrons. The zero-order chi connectivity index (χ0) is 12.7. The number of para-hydroxylation sites is 1. The van der Waals surface area contributed by atoms with E-state index < -0.39 is 5.97 Å². The molecule has 90 valence electrons. The Bertz CT molecular complexity index is 742. The Kier molecular flexibility index (Phi) is 2.16. The number of aromatic nitrogens is 3. The molecule has 0 spiro atoms. The van der Waals surface area contributed by atoms with Crippen LogP contribution in [-0.4, -0.2) is 25.8 Å². The second-order valence-corrected chi connectivity index (χ2v) is 3.88. The standard InChI is InChI=1S/C12H9N3O3/c1-15-6-7(5-13-15)11-14-10-8(12(16)17)3-2-4-9(10)18-11/h2-6H,1H3,(H,16,17). The molecule has 6 heteroatoms. The van der Waals surface area contributed by atoms with Gasteiger partial charge < -0.3 is 9.52 Å². The lowest BCUT2D eigenvalue weighted by molar-refractivity contribution is 0.0699. The van der Waals surface area contributed by atoms with Crippen LogP contribution in [0.5, 0.6) is 0 Å². The number of benzene rings is 1. The first-order valence-electron chi connectivity index (χ1n) is 5.27. The monoisotopic (exact) mass is 243 g/mol. The van der Waals surface area contributed by atoms with Crippen LogP contribution in [0.1, 0.15) is 10.4 Å². The van der Waals surface area contributed by atoms with Gasteiger partial charge in [-0.25, -0.2) is 9.78 Å². The molecule has 0 aliphatic carbocycles. The SMILES string of the molecule is Cn1cc(-c2nc3c(C(=O)O)cccc3o2)cn1. The van der Waals surface area contributed by atoms with E-state index >= 15 is 0 Å². The molecule has 0 aliphatic rings. The molecule has 0 saturated carbocycles. The summed E-state index contributed by atoms with van der Waals surface area (Å²) in [7, 11) is 1.79. The van der Waals surface area contributed by atoms with E-state index in [0.29, 0.717) is 22.6 Å². The number of nitrogens with zero attached hydrogens (tertiary/aromatic N) is 3. The molecule has 18 heavy (non-hydrogen) atoms. The fourth-order valence-corrected chi connectivity index (χ4v) is 1.78. The van der Waals surface area contributed by atoms with Crippen molar-refractivity contribution in [2.75, 3.05) is 0 Å². The maximum atomic E-state index is 11.1. The molecule has 2 heterocycles. The number of carboxylic acid groups (broad SMARTS) is 1. The van der Waals surface area contributed by atoms with E-state index in [1.165, 1.54) is 6.07 Å². The summed E-state index contributed by atoms with van der Waals surface area (Å²) >= 11 is 0. The van der Waals surface area contributed by atoms with E-state index in [1.807, 2.05) is 0 Å². The lowest BCUT2D eigenvalue weighted by Gasteiger charge is -1.92. The highest BCUT2D eigenvalue weighted by atomic mass is 16.4. The van der Waals surface area contributed by atoms with Crippen LogP contribution in [0.25, 0.3) is 22.6 Å². The molecule has 0 atom stereocenters. The zero-order valence-electron chi connectivity index (χ0n) is 9.49. The molecule has 0 saturated heterocycles. The Morgan fingerprint density at radius 3 is 2.94 bits per heavy atom. The molecule has 3 aromatic rings. The molecule has 0 amide bonds. The van der Waals surface area contributed by atoms with Gasteiger partial charge in [0, 0.05) is 13.2 Å². The van der Waals surface area contributed by atoms with Crippen molar-refractivity contribution in [2.24, 2.45) is 7.05 Å². The molecular formula is C12H9N3O3. The Morgan fingerprint density at radius 2 is 2.28 bits per heavy atom. The van der Waals surface area contributed by atoms with Gasteiger partial charge in [-0.15, -0.1) is 0 Å². The highest BCUT2D eigenvalue weighted by molar-refractivity contribution is 6.00. The van der Waals surface area contributed by atoms with Crippen LogP contribution in [0.15, 0.2) is 35.0 Å². The summed E-state index contributed by atoms with van der Waals surface area (Å²) in [6.45, 7) is 0. The van der Waals surface area contributed by atoms with E-state index in [-0.39, 0.29) is 5.56 Å². The molecule has 1 aromatic carbocycles. The maximum Gasteiger partial charge on any atom is 0.338 e. The molecule has 0 fully saturated rings. The minimum atomic E-state index is -1.02. The number of rotatable bonds is 2. The van der Waals surface area contributed by atoms with E-state index in [9.17, 15) is 4.79 Å². The van der Waals surface area contributed by atoms with Gasteiger partial charge in [-0.1, -0.05) is 6.07 Å². The van der Waals surface area contributed by atoms with Crippen LogP contribution in [0, 0.1) is 0 Å². The van der Waals surface area contributed by atoms with E-state index in [1.54, 1.807) is 36.3 Å². The molecule has 0 bridgehead atoms. The van der Waals surface area contributed by atoms with Crippen LogP contribution < -0.4 is 0 Å². The lowest BCUT2D eigenvalue weighted by Crippen LogP contribution is -1.96. The smallest absolute Gasteiger partial charge is 0.338 e. The van der Waals surface area contributed by atoms with Gasteiger partial charge in [0.2, 0.25) is 5.89 Å². The Balaban J connectivity index is 2.22. The number of hydrogen-bond donors (Lipinski definition) is 1. The number of aryl methyl sites for hydroxylation is 1. The molecule has 3 rings (SSSR count). The maximum absolute atomic E-state index is 11.1. The predicted molar refractivity (Wildman–Crippen MR) is 63.2 cm³/mol. The van der Waals surface area contributed by atoms with Crippen LogP contribution in [0.4, 0.5) is 0 Å². The topological polar surface area (TPSA) is 81.2 Å². The number of carboxylic acids is 1. The largest absolute Gasteiger partial charge is 0.478 e. The summed E-state index contributed by atoms with van der Waals surface area (Å²) < 4.78 is 7.16. The van der Waals surface area contributed by atoms with Crippen LogP contribution in [0.2, 0.25) is 0 Å². The van der Waals surface area contributed by atoms with Crippen molar-refractivity contribution in [2.45, 2.75) is 0 Å². The summed E-state index contributed by atoms with van der Waals surface area (Å²) in [5.41, 5.74) is 1.65. The van der Waals surface area contributed by atoms with Gasteiger partial charge in [-0.3, -0.25) is 4.68 Å². The summed E-state index contributed by atoms with van der Waals surface area (Å²) in [4.78, 5) is 15.3. The van der Waals surface area contributed by atoms with Gasteiger partial charge in [0.05, 0.1) is 17.3 Å². The number of fused-ring (bicyclic) bond motifs is 1. The first-order chi connectivity index (χ1) is 8.65. The van der Waals surface area contributed by atoms with Crippen molar-refractivity contribution in [1.82, 2.24) is 14.8 Å². The Labute approximate surface area is 101 Å². The van der Waals surface area contributed by atoms with Gasteiger partial charge in [0.1, 0.15) is 5.52 Å². The molecule has 2 aromatic heterocycles. The summed E-state index contributed by atoms with van der Waals surface area (Å²) in [5.74, 6) is -0.654. The molecule has 0 aliphatic heterocycles. The molecule has 0 unspecified atom stereocenters. The number of carbonyl (C=O) groups is 1. The second kappa shape index (κ2) is 3.69. The Hall–Kier alpha value is -2.63. The summed E-state index contributed by atoms with van der Waals surface area (Å²) in [6, 6.07) is 4.82. The van der Waals surface area contributed by atoms with Gasteiger partial charge >= 0.3 is 5.97 Å². The van der Waals surface area contributed by atoms with E-state index in [4.69, 9.17) is 9.52 Å². The average molecular weight is 243 g/mol. The van der Waals surface area contributed by atoms with Crippen LogP contribution >= 0.6 is 0 Å². The normalized spacial score (nSPS) is 10.9. The van der Waals surface area contributed by atoms with Crippen molar-refractivity contribution in [1.29, 1.82) is 0 Å². The number of aromatic carboxylic acids is 1. The van der Waals surface area contributed by atoms with Crippen molar-refractivity contribution in [3.63, 3.8) is 0 Å². The fraction of sp³-hybridized carbons (Fsp3) is 0.0833. The number of hydrogen-bond acceptors (Lipinski definition) is 4. The van der Waals surface area contributed by atoms with E-state index in [2.05, 4.69) is 10.1 Å². The quantitative estimate of drug-likeness (QED) is 0.743. The first-order valence-corrected chi connectivity index (χ1v) is 5.27. The second-order valence-electron chi connectivity index (χ2n) is 3.88. The highest BCUT2D eigenvalue weighted by Gasteiger charge is 2.15. The van der Waals surface area contributed by atoms with Crippen molar-refractivity contribution in [3.05, 3.63) is 36.2 Å². The third-order valence-electron chi connectivity index (χ3n) is 2.60. The first kappa shape index (κ1) is 10.5. The van der Waals surface area contributed by atoms with Crippen LogP contribution in [0.3, 0.4) is 0 Å². The van der Waals surface area contributed by atoms with Gasteiger partial charge in [0.15, 0.2) is 5.58 Å². The highest BCUT2D eigenvalue weighted by Crippen LogP contribution is 2.25. The lowest BCUT2D eigenvalue weighted by atomic mass is 10.2.